The molecule has 1 rings (SSSR count). The van der Waals surface area contributed by atoms with Crippen LogP contribution in [-0.2, 0) is 14.8 Å². The lowest BCUT2D eigenvalue weighted by atomic mass is 10.1. The Morgan fingerprint density at radius 3 is 2.68 bits per heavy atom. The molecule has 8 heteroatoms. The van der Waals surface area contributed by atoms with Crippen molar-refractivity contribution in [3.8, 4) is 0 Å². The maximum absolute atomic E-state index is 11.6. The van der Waals surface area contributed by atoms with E-state index < -0.39 is 16.0 Å². The first-order valence-electron chi connectivity index (χ1n) is 5.65. The van der Waals surface area contributed by atoms with Crippen molar-refractivity contribution in [2.24, 2.45) is 5.14 Å². The Hall–Kier alpha value is -1.80. The number of nitrogens with two attached hydrogens (primary N) is 2. The molecule has 0 fully saturated rings. The molecule has 0 amide bonds. The number of ether oxygens (including phenoxy) is 1. The quantitative estimate of drug-likeness (QED) is 0.505. The molecule has 106 valence electrons. The van der Waals surface area contributed by atoms with Gasteiger partial charge in [0.2, 0.25) is 10.0 Å². The van der Waals surface area contributed by atoms with Crippen LogP contribution in [0.2, 0.25) is 0 Å². The van der Waals surface area contributed by atoms with Gasteiger partial charge in [-0.3, -0.25) is 0 Å². The van der Waals surface area contributed by atoms with E-state index in [1.807, 2.05) is 0 Å². The fourth-order valence-corrected chi connectivity index (χ4v) is 1.82. The van der Waals surface area contributed by atoms with Gasteiger partial charge in [-0.15, -0.1) is 0 Å². The Labute approximate surface area is 112 Å². The highest BCUT2D eigenvalue weighted by Gasteiger charge is 2.13. The van der Waals surface area contributed by atoms with E-state index in [9.17, 15) is 13.2 Å². The van der Waals surface area contributed by atoms with E-state index >= 15 is 0 Å². The van der Waals surface area contributed by atoms with E-state index in [-0.39, 0.29) is 30.2 Å². The number of benzene rings is 1. The first-order chi connectivity index (χ1) is 8.85. The summed E-state index contributed by atoms with van der Waals surface area (Å²) in [5.41, 5.74) is 6.74. The predicted octanol–water partition coefficient (Wildman–Crippen LogP) is 0.146. The molecule has 1 aromatic rings. The molecule has 0 atom stereocenters. The van der Waals surface area contributed by atoms with Crippen molar-refractivity contribution >= 4 is 27.4 Å². The SMILES string of the molecule is CCOC(=O)c1cccc(NCCS(N)(=O)=O)c1N. The molecule has 5 N–H and O–H groups in total. The van der Waals surface area contributed by atoms with Gasteiger partial charge in [0.15, 0.2) is 0 Å². The van der Waals surface area contributed by atoms with Gasteiger partial charge in [-0.05, 0) is 19.1 Å². The fraction of sp³-hybridized carbons (Fsp3) is 0.364. The fourth-order valence-electron chi connectivity index (χ4n) is 1.43. The number of carbonyl (C=O) groups excluding carboxylic acids is 1. The van der Waals surface area contributed by atoms with Crippen LogP contribution in [0.1, 0.15) is 17.3 Å². The number of esters is 1. The molecular weight excluding hydrogens is 270 g/mol. The van der Waals surface area contributed by atoms with E-state index in [0.717, 1.165) is 0 Å². The lowest BCUT2D eigenvalue weighted by Crippen LogP contribution is -2.22. The number of hydrogen-bond acceptors (Lipinski definition) is 6. The zero-order valence-electron chi connectivity index (χ0n) is 10.5. The molecule has 0 bridgehead atoms. The second kappa shape index (κ2) is 6.39. The van der Waals surface area contributed by atoms with E-state index in [2.05, 4.69) is 5.32 Å². The molecule has 7 nitrogen and oxygen atoms in total. The highest BCUT2D eigenvalue weighted by Crippen LogP contribution is 2.23. The summed E-state index contributed by atoms with van der Waals surface area (Å²) in [5.74, 6) is -0.745. The standard InChI is InChI=1S/C11H17N3O4S/c1-2-18-11(15)8-4-3-5-9(10(8)12)14-6-7-19(13,16)17/h3-5,14H,2,6-7,12H2,1H3,(H2,13,16,17). The number of sulfonamides is 1. The largest absolute Gasteiger partial charge is 0.462 e. The van der Waals surface area contributed by atoms with E-state index in [4.69, 9.17) is 15.6 Å². The number of carbonyl (C=O) groups is 1. The number of para-hydroxylation sites is 1. The molecule has 0 aromatic heterocycles. The summed E-state index contributed by atoms with van der Waals surface area (Å²) in [6.45, 7) is 2.05. The van der Waals surface area contributed by atoms with Crippen molar-refractivity contribution < 1.29 is 17.9 Å². The number of anilines is 2. The van der Waals surface area contributed by atoms with Crippen molar-refractivity contribution in [3.05, 3.63) is 23.8 Å². The van der Waals surface area contributed by atoms with Gasteiger partial charge in [0, 0.05) is 6.54 Å². The van der Waals surface area contributed by atoms with Gasteiger partial charge in [0.05, 0.1) is 29.3 Å². The molecule has 0 aliphatic rings. The summed E-state index contributed by atoms with van der Waals surface area (Å²) >= 11 is 0. The van der Waals surface area contributed by atoms with E-state index in [1.165, 1.54) is 6.07 Å². The molecule has 1 aromatic carbocycles. The van der Waals surface area contributed by atoms with E-state index in [0.29, 0.717) is 5.69 Å². The molecule has 0 spiro atoms. The van der Waals surface area contributed by atoms with Crippen LogP contribution in [-0.4, -0.2) is 33.3 Å². The first-order valence-corrected chi connectivity index (χ1v) is 7.36. The topological polar surface area (TPSA) is 125 Å². The summed E-state index contributed by atoms with van der Waals surface area (Å²) in [5, 5.41) is 7.70. The van der Waals surface area contributed by atoms with Crippen LogP contribution in [0.5, 0.6) is 0 Å². The molecule has 0 heterocycles. The van der Waals surface area contributed by atoms with Crippen molar-refractivity contribution in [1.82, 2.24) is 0 Å². The van der Waals surface area contributed by atoms with Crippen molar-refractivity contribution in [2.75, 3.05) is 30.0 Å². The number of rotatable bonds is 6. The maximum Gasteiger partial charge on any atom is 0.340 e. The van der Waals surface area contributed by atoms with Crippen molar-refractivity contribution in [2.45, 2.75) is 6.92 Å². The average Bonchev–Trinajstić information content (AvgIpc) is 2.30. The zero-order valence-corrected chi connectivity index (χ0v) is 11.4. The van der Waals surface area contributed by atoms with Gasteiger partial charge >= 0.3 is 5.97 Å². The third-order valence-corrected chi connectivity index (χ3v) is 3.08. The molecule has 0 saturated carbocycles. The van der Waals surface area contributed by atoms with Gasteiger partial charge in [0.1, 0.15) is 0 Å². The van der Waals surface area contributed by atoms with Gasteiger partial charge in [-0.1, -0.05) is 6.07 Å². The summed E-state index contributed by atoms with van der Waals surface area (Å²) in [6.07, 6.45) is 0. The van der Waals surface area contributed by atoms with Gasteiger partial charge in [-0.25, -0.2) is 18.4 Å². The van der Waals surface area contributed by atoms with Gasteiger partial charge < -0.3 is 15.8 Å². The Kier molecular flexibility index (Phi) is 5.13. The Balaban J connectivity index is 2.80. The summed E-state index contributed by atoms with van der Waals surface area (Å²) in [4.78, 5) is 11.6. The van der Waals surface area contributed by atoms with Crippen molar-refractivity contribution in [3.63, 3.8) is 0 Å². The molecule has 0 aliphatic carbocycles. The van der Waals surface area contributed by atoms with Crippen LogP contribution in [0, 0.1) is 0 Å². The number of primary sulfonamides is 1. The first kappa shape index (κ1) is 15.3. The van der Waals surface area contributed by atoms with Crippen molar-refractivity contribution in [1.29, 1.82) is 0 Å². The number of hydrogen-bond donors (Lipinski definition) is 3. The minimum atomic E-state index is -3.54. The van der Waals surface area contributed by atoms with E-state index in [1.54, 1.807) is 19.1 Å². The molecular formula is C11H17N3O4S. The van der Waals surface area contributed by atoms with Crippen LogP contribution in [0.25, 0.3) is 0 Å². The minimum Gasteiger partial charge on any atom is -0.462 e. The average molecular weight is 287 g/mol. The Bertz CT molecular complexity index is 557. The Morgan fingerprint density at radius 1 is 1.42 bits per heavy atom. The normalized spacial score (nSPS) is 11.1. The third-order valence-electron chi connectivity index (χ3n) is 2.30. The van der Waals surface area contributed by atoms with Crippen LogP contribution >= 0.6 is 0 Å². The molecule has 0 unspecified atom stereocenters. The summed E-state index contributed by atoms with van der Waals surface area (Å²) in [7, 11) is -3.54. The smallest absolute Gasteiger partial charge is 0.340 e. The lowest BCUT2D eigenvalue weighted by molar-refractivity contribution is 0.0527. The van der Waals surface area contributed by atoms with Crippen LogP contribution in [0.4, 0.5) is 11.4 Å². The maximum atomic E-state index is 11.6. The second-order valence-corrected chi connectivity index (χ2v) is 5.52. The molecule has 0 radical (unpaired) electrons. The van der Waals surface area contributed by atoms with Gasteiger partial charge in [0.25, 0.3) is 0 Å². The molecule has 0 aliphatic heterocycles. The van der Waals surface area contributed by atoms with Gasteiger partial charge in [-0.2, -0.15) is 0 Å². The summed E-state index contributed by atoms with van der Waals surface area (Å²) < 4.78 is 26.5. The van der Waals surface area contributed by atoms with Crippen LogP contribution in [0.15, 0.2) is 18.2 Å². The number of nitrogens with one attached hydrogen (secondary N) is 1. The second-order valence-electron chi connectivity index (χ2n) is 3.78. The monoisotopic (exact) mass is 287 g/mol. The van der Waals surface area contributed by atoms with Crippen LogP contribution in [0.3, 0.4) is 0 Å². The lowest BCUT2D eigenvalue weighted by Gasteiger charge is -2.11. The van der Waals surface area contributed by atoms with Crippen LogP contribution < -0.4 is 16.2 Å². The molecule has 0 saturated heterocycles. The highest BCUT2D eigenvalue weighted by molar-refractivity contribution is 7.89. The summed E-state index contributed by atoms with van der Waals surface area (Å²) in [6, 6.07) is 4.81. The number of nitrogen functional groups attached to an aromatic ring is 1. The highest BCUT2D eigenvalue weighted by atomic mass is 32.2. The minimum absolute atomic E-state index is 0.106. The predicted molar refractivity (Wildman–Crippen MR) is 73.3 cm³/mol. The molecule has 19 heavy (non-hydrogen) atoms. The Morgan fingerprint density at radius 2 is 2.11 bits per heavy atom. The third kappa shape index (κ3) is 4.76. The zero-order chi connectivity index (χ0) is 14.5.